The van der Waals surface area contributed by atoms with Crippen LogP contribution in [-0.2, 0) is 12.7 Å². The molecule has 8 heteroatoms. The number of nitrogens with two attached hydrogens (primary N) is 1. The molecule has 2 rings (SSSR count). The molecule has 0 unspecified atom stereocenters. The second kappa shape index (κ2) is 7.81. The molecule has 2 aromatic carbocycles. The highest BCUT2D eigenvalue weighted by molar-refractivity contribution is 5.88. The van der Waals surface area contributed by atoms with Crippen LogP contribution in [0.1, 0.15) is 11.1 Å². The predicted molar refractivity (Wildman–Crippen MR) is 95.2 cm³/mol. The highest BCUT2D eigenvalue weighted by Gasteiger charge is 2.30. The minimum absolute atomic E-state index is 0.209. The summed E-state index contributed by atoms with van der Waals surface area (Å²) in [6.07, 6.45) is -4.03. The molecule has 0 aliphatic carbocycles. The highest BCUT2D eigenvalue weighted by Crippen LogP contribution is 2.31. The summed E-state index contributed by atoms with van der Waals surface area (Å²) in [5.74, 6) is 0. The number of hydrogen-bond acceptors (Lipinski definition) is 3. The maximum Gasteiger partial charge on any atom is 0.416 e. The van der Waals surface area contributed by atoms with Gasteiger partial charge in [0.05, 0.1) is 16.9 Å². The number of rotatable bonds is 6. The van der Waals surface area contributed by atoms with E-state index in [1.807, 2.05) is 0 Å². The van der Waals surface area contributed by atoms with Crippen LogP contribution in [0.15, 0.2) is 55.1 Å². The molecule has 0 aliphatic rings. The quantitative estimate of drug-likeness (QED) is 0.518. The van der Waals surface area contributed by atoms with Gasteiger partial charge in [-0.25, -0.2) is 4.79 Å². The zero-order valence-corrected chi connectivity index (χ0v) is 13.8. The van der Waals surface area contributed by atoms with Crippen molar-refractivity contribution >= 4 is 23.2 Å². The van der Waals surface area contributed by atoms with Crippen LogP contribution < -0.4 is 16.0 Å². The number of alkyl halides is 3. The van der Waals surface area contributed by atoms with E-state index in [1.165, 1.54) is 12.1 Å². The van der Waals surface area contributed by atoms with Gasteiger partial charge in [-0.3, -0.25) is 5.32 Å². The van der Waals surface area contributed by atoms with Crippen LogP contribution in [0.4, 0.5) is 35.0 Å². The van der Waals surface area contributed by atoms with E-state index in [2.05, 4.69) is 11.9 Å². The lowest BCUT2D eigenvalue weighted by Crippen LogP contribution is -2.23. The number of nitrogen functional groups attached to an aromatic ring is 1. The Hall–Kier alpha value is -3.16. The Labute approximate surface area is 148 Å². The van der Waals surface area contributed by atoms with Crippen LogP contribution in [0.5, 0.6) is 0 Å². The third-order valence-electron chi connectivity index (χ3n) is 3.62. The van der Waals surface area contributed by atoms with Crippen molar-refractivity contribution in [2.75, 3.05) is 22.5 Å². The molecule has 0 saturated carbocycles. The van der Waals surface area contributed by atoms with Gasteiger partial charge in [-0.2, -0.15) is 13.2 Å². The van der Waals surface area contributed by atoms with Crippen molar-refractivity contribution in [3.63, 3.8) is 0 Å². The molecule has 26 heavy (non-hydrogen) atoms. The molecule has 0 bridgehead atoms. The molecule has 0 fully saturated rings. The fourth-order valence-electron chi connectivity index (χ4n) is 2.46. The molecule has 0 spiro atoms. The molecular formula is C18H18F3N3O2. The Kier molecular flexibility index (Phi) is 5.76. The summed E-state index contributed by atoms with van der Waals surface area (Å²) in [5.41, 5.74) is 6.70. The molecule has 1 amide bonds. The normalized spacial score (nSPS) is 11.0. The van der Waals surface area contributed by atoms with Gasteiger partial charge in [0.1, 0.15) is 0 Å². The predicted octanol–water partition coefficient (Wildman–Crippen LogP) is 4.57. The first-order valence-corrected chi connectivity index (χ1v) is 7.62. The summed E-state index contributed by atoms with van der Waals surface area (Å²) < 4.78 is 38.6. The first kappa shape index (κ1) is 19.2. The van der Waals surface area contributed by atoms with Crippen molar-refractivity contribution in [1.29, 1.82) is 0 Å². The molecule has 5 nitrogen and oxygen atoms in total. The molecule has 0 heterocycles. The zero-order valence-electron chi connectivity index (χ0n) is 13.8. The number of anilines is 3. The van der Waals surface area contributed by atoms with E-state index >= 15 is 0 Å². The van der Waals surface area contributed by atoms with E-state index in [1.54, 1.807) is 29.2 Å². The molecule has 0 aromatic heterocycles. The number of amides is 1. The van der Waals surface area contributed by atoms with Crippen molar-refractivity contribution < 1.29 is 23.1 Å². The van der Waals surface area contributed by atoms with E-state index < -0.39 is 17.8 Å². The fourth-order valence-corrected chi connectivity index (χ4v) is 2.46. The average molecular weight is 365 g/mol. The van der Waals surface area contributed by atoms with Gasteiger partial charge in [-0.05, 0) is 35.9 Å². The highest BCUT2D eigenvalue weighted by atomic mass is 19.4. The SMILES string of the molecule is C=CCN(Cc1cccc(C(F)(F)F)c1)c1ccc(NC(=O)O)c(N)c1. The maximum absolute atomic E-state index is 12.9. The lowest BCUT2D eigenvalue weighted by atomic mass is 10.1. The van der Waals surface area contributed by atoms with E-state index in [9.17, 15) is 18.0 Å². The van der Waals surface area contributed by atoms with Crippen molar-refractivity contribution in [2.24, 2.45) is 0 Å². The van der Waals surface area contributed by atoms with Crippen LogP contribution in [0.2, 0.25) is 0 Å². The van der Waals surface area contributed by atoms with Gasteiger partial charge < -0.3 is 15.7 Å². The van der Waals surface area contributed by atoms with Crippen molar-refractivity contribution in [3.05, 3.63) is 66.2 Å². The number of nitrogens with one attached hydrogen (secondary N) is 1. The molecule has 0 atom stereocenters. The van der Waals surface area contributed by atoms with Gasteiger partial charge in [-0.1, -0.05) is 18.2 Å². The zero-order chi connectivity index (χ0) is 19.3. The number of carboxylic acid groups (broad SMARTS) is 1. The van der Waals surface area contributed by atoms with E-state index in [4.69, 9.17) is 10.8 Å². The Morgan fingerprint density at radius 1 is 1.27 bits per heavy atom. The number of benzene rings is 2. The fraction of sp³-hybridized carbons (Fsp3) is 0.167. The number of halogens is 3. The second-order valence-electron chi connectivity index (χ2n) is 5.57. The lowest BCUT2D eigenvalue weighted by Gasteiger charge is -2.25. The summed E-state index contributed by atoms with van der Waals surface area (Å²) >= 11 is 0. The minimum atomic E-state index is -4.41. The first-order chi connectivity index (χ1) is 12.2. The van der Waals surface area contributed by atoms with Gasteiger partial charge in [-0.15, -0.1) is 6.58 Å². The van der Waals surface area contributed by atoms with E-state index in [0.29, 0.717) is 17.8 Å². The Morgan fingerprint density at radius 3 is 2.58 bits per heavy atom. The van der Waals surface area contributed by atoms with Gasteiger partial charge in [0.25, 0.3) is 0 Å². The molecule has 0 radical (unpaired) electrons. The Morgan fingerprint density at radius 2 is 2.00 bits per heavy atom. The lowest BCUT2D eigenvalue weighted by molar-refractivity contribution is -0.137. The van der Waals surface area contributed by atoms with Crippen LogP contribution >= 0.6 is 0 Å². The summed E-state index contributed by atoms with van der Waals surface area (Å²) in [5, 5.41) is 10.9. The smallest absolute Gasteiger partial charge is 0.416 e. The third-order valence-corrected chi connectivity index (χ3v) is 3.62. The molecule has 0 aliphatic heterocycles. The Balaban J connectivity index is 2.28. The van der Waals surface area contributed by atoms with Crippen molar-refractivity contribution in [2.45, 2.75) is 12.7 Å². The van der Waals surface area contributed by atoms with Crippen LogP contribution in [0.3, 0.4) is 0 Å². The third kappa shape index (κ3) is 4.92. The summed E-state index contributed by atoms with van der Waals surface area (Å²) in [7, 11) is 0. The van der Waals surface area contributed by atoms with Gasteiger partial charge in [0, 0.05) is 18.8 Å². The number of hydrogen-bond donors (Lipinski definition) is 3. The van der Waals surface area contributed by atoms with Crippen LogP contribution in [-0.4, -0.2) is 17.7 Å². The second-order valence-corrected chi connectivity index (χ2v) is 5.57. The summed E-state index contributed by atoms with van der Waals surface area (Å²) in [6.45, 7) is 4.25. The monoisotopic (exact) mass is 365 g/mol. The minimum Gasteiger partial charge on any atom is -0.465 e. The number of carbonyl (C=O) groups is 1. The summed E-state index contributed by atoms with van der Waals surface area (Å²) in [4.78, 5) is 12.5. The van der Waals surface area contributed by atoms with E-state index in [0.717, 1.165) is 12.1 Å². The molecule has 2 aromatic rings. The summed E-state index contributed by atoms with van der Waals surface area (Å²) in [6, 6.07) is 9.78. The van der Waals surface area contributed by atoms with Gasteiger partial charge in [0.15, 0.2) is 0 Å². The van der Waals surface area contributed by atoms with Crippen LogP contribution in [0.25, 0.3) is 0 Å². The van der Waals surface area contributed by atoms with Crippen LogP contribution in [0, 0.1) is 0 Å². The van der Waals surface area contributed by atoms with Gasteiger partial charge in [0.2, 0.25) is 0 Å². The molecule has 0 saturated heterocycles. The number of nitrogens with zero attached hydrogens (tertiary/aromatic N) is 1. The maximum atomic E-state index is 12.9. The molecule has 4 N–H and O–H groups in total. The van der Waals surface area contributed by atoms with Crippen molar-refractivity contribution in [1.82, 2.24) is 0 Å². The topological polar surface area (TPSA) is 78.6 Å². The molecule has 138 valence electrons. The Bertz CT molecular complexity index is 807. The average Bonchev–Trinajstić information content (AvgIpc) is 2.55. The first-order valence-electron chi connectivity index (χ1n) is 7.62. The van der Waals surface area contributed by atoms with Crippen molar-refractivity contribution in [3.8, 4) is 0 Å². The standard InChI is InChI=1S/C18H18F3N3O2/c1-2-8-24(11-12-4-3-5-13(9-12)18(19,20)21)14-6-7-16(15(22)10-14)23-17(25)26/h2-7,9-10,23H,1,8,11,22H2,(H,25,26). The van der Waals surface area contributed by atoms with E-state index in [-0.39, 0.29) is 17.9 Å². The molecular weight excluding hydrogens is 347 g/mol. The van der Waals surface area contributed by atoms with Gasteiger partial charge >= 0.3 is 12.3 Å². The largest absolute Gasteiger partial charge is 0.465 e.